The highest BCUT2D eigenvalue weighted by molar-refractivity contribution is 5.20. The van der Waals surface area contributed by atoms with Crippen LogP contribution in [0.15, 0.2) is 60.7 Å². The van der Waals surface area contributed by atoms with E-state index in [1.54, 1.807) is 0 Å². The molecule has 0 aromatic heterocycles. The fraction of sp³-hybridized carbons (Fsp3) is 0.368. The smallest absolute Gasteiger partial charge is 0.0570 e. The summed E-state index contributed by atoms with van der Waals surface area (Å²) in [6.45, 7) is 0. The van der Waals surface area contributed by atoms with Crippen LogP contribution in [-0.2, 0) is 12.8 Å². The van der Waals surface area contributed by atoms with Crippen molar-refractivity contribution < 1.29 is 5.11 Å². The summed E-state index contributed by atoms with van der Waals surface area (Å²) >= 11 is 0. The molecule has 2 nitrogen and oxygen atoms in total. The van der Waals surface area contributed by atoms with E-state index in [2.05, 4.69) is 66.0 Å². The Morgan fingerprint density at radius 3 is 1.76 bits per heavy atom. The van der Waals surface area contributed by atoms with Crippen LogP contribution in [0.4, 0.5) is 0 Å². The first kappa shape index (κ1) is 14.3. The van der Waals surface area contributed by atoms with Gasteiger partial charge in [-0.25, -0.2) is 0 Å². The Balaban J connectivity index is 1.65. The maximum Gasteiger partial charge on any atom is 0.0570 e. The molecule has 0 aliphatic heterocycles. The lowest BCUT2D eigenvalue weighted by molar-refractivity contribution is 0.0577. The van der Waals surface area contributed by atoms with Gasteiger partial charge < -0.3 is 10.4 Å². The molecule has 2 heteroatoms. The highest BCUT2D eigenvalue weighted by Crippen LogP contribution is 2.21. The first-order valence-corrected chi connectivity index (χ1v) is 7.81. The van der Waals surface area contributed by atoms with Gasteiger partial charge >= 0.3 is 0 Å². The van der Waals surface area contributed by atoms with Crippen LogP contribution in [0.5, 0.6) is 0 Å². The van der Waals surface area contributed by atoms with Crippen molar-refractivity contribution in [1.82, 2.24) is 5.32 Å². The normalized spacial score (nSPS) is 21.2. The molecule has 110 valence electrons. The summed E-state index contributed by atoms with van der Waals surface area (Å²) in [5.74, 6) is 0. The molecule has 0 unspecified atom stereocenters. The molecular weight excluding hydrogens is 258 g/mol. The third kappa shape index (κ3) is 4.16. The van der Waals surface area contributed by atoms with Crippen molar-refractivity contribution in [1.29, 1.82) is 0 Å². The fourth-order valence-electron chi connectivity index (χ4n) is 3.04. The molecule has 21 heavy (non-hydrogen) atoms. The standard InChI is InChI=1S/C19H23NO/c21-19-13-18(14-19)20-17(11-15-7-3-1-4-8-15)12-16-9-5-2-6-10-16/h1-10,17-21H,11-14H2. The molecule has 0 atom stereocenters. The van der Waals surface area contributed by atoms with Crippen LogP contribution in [0.25, 0.3) is 0 Å². The second-order valence-corrected chi connectivity index (χ2v) is 6.07. The predicted molar refractivity (Wildman–Crippen MR) is 86.2 cm³/mol. The van der Waals surface area contributed by atoms with Crippen molar-refractivity contribution in [2.75, 3.05) is 0 Å². The van der Waals surface area contributed by atoms with Gasteiger partial charge in [0.25, 0.3) is 0 Å². The second-order valence-electron chi connectivity index (χ2n) is 6.07. The molecule has 2 aromatic carbocycles. The van der Waals surface area contributed by atoms with Gasteiger partial charge in [-0.15, -0.1) is 0 Å². The number of benzene rings is 2. The molecule has 3 rings (SSSR count). The molecule has 1 aliphatic carbocycles. The number of hydrogen-bond acceptors (Lipinski definition) is 2. The quantitative estimate of drug-likeness (QED) is 0.853. The van der Waals surface area contributed by atoms with Gasteiger partial charge in [-0.2, -0.15) is 0 Å². The van der Waals surface area contributed by atoms with Crippen LogP contribution < -0.4 is 5.32 Å². The molecule has 1 saturated carbocycles. The van der Waals surface area contributed by atoms with E-state index in [-0.39, 0.29) is 6.10 Å². The van der Waals surface area contributed by atoms with Gasteiger partial charge in [-0.1, -0.05) is 60.7 Å². The summed E-state index contributed by atoms with van der Waals surface area (Å²) < 4.78 is 0. The van der Waals surface area contributed by atoms with E-state index in [0.717, 1.165) is 25.7 Å². The number of rotatable bonds is 6. The van der Waals surface area contributed by atoms with Gasteiger partial charge in [-0.3, -0.25) is 0 Å². The van der Waals surface area contributed by atoms with Crippen molar-refractivity contribution >= 4 is 0 Å². The molecule has 0 heterocycles. The molecule has 0 amide bonds. The number of hydrogen-bond donors (Lipinski definition) is 2. The molecule has 0 saturated heterocycles. The van der Waals surface area contributed by atoms with Crippen molar-refractivity contribution in [2.45, 2.75) is 43.9 Å². The van der Waals surface area contributed by atoms with E-state index < -0.39 is 0 Å². The Labute approximate surface area is 126 Å². The lowest BCUT2D eigenvalue weighted by atomic mass is 9.87. The van der Waals surface area contributed by atoms with Crippen molar-refractivity contribution in [3.63, 3.8) is 0 Å². The van der Waals surface area contributed by atoms with Crippen molar-refractivity contribution in [3.05, 3.63) is 71.8 Å². The molecule has 2 N–H and O–H groups in total. The monoisotopic (exact) mass is 281 g/mol. The largest absolute Gasteiger partial charge is 0.393 e. The molecular formula is C19H23NO. The van der Waals surface area contributed by atoms with Gasteiger partial charge in [0.05, 0.1) is 6.10 Å². The maximum absolute atomic E-state index is 9.47. The SMILES string of the molecule is OC1CC(NC(Cc2ccccc2)Cc2ccccc2)C1. The first-order valence-electron chi connectivity index (χ1n) is 7.81. The highest BCUT2D eigenvalue weighted by Gasteiger charge is 2.28. The van der Waals surface area contributed by atoms with E-state index in [9.17, 15) is 5.11 Å². The van der Waals surface area contributed by atoms with Crippen LogP contribution in [-0.4, -0.2) is 23.3 Å². The number of aliphatic hydroxyl groups excluding tert-OH is 1. The zero-order valence-corrected chi connectivity index (χ0v) is 12.3. The number of aliphatic hydroxyl groups is 1. The zero-order chi connectivity index (χ0) is 14.5. The summed E-state index contributed by atoms with van der Waals surface area (Å²) in [6.07, 6.45) is 3.74. The lowest BCUT2D eigenvalue weighted by Gasteiger charge is -2.35. The summed E-state index contributed by atoms with van der Waals surface area (Å²) in [5.41, 5.74) is 2.73. The molecule has 1 fully saturated rings. The lowest BCUT2D eigenvalue weighted by Crippen LogP contribution is -2.49. The Morgan fingerprint density at radius 1 is 0.857 bits per heavy atom. The van der Waals surface area contributed by atoms with Gasteiger partial charge in [0.15, 0.2) is 0 Å². The fourth-order valence-corrected chi connectivity index (χ4v) is 3.04. The van der Waals surface area contributed by atoms with Crippen molar-refractivity contribution in [2.24, 2.45) is 0 Å². The Morgan fingerprint density at radius 2 is 1.33 bits per heavy atom. The van der Waals surface area contributed by atoms with Crippen LogP contribution in [0.2, 0.25) is 0 Å². The van der Waals surface area contributed by atoms with Crippen LogP contribution >= 0.6 is 0 Å². The summed E-state index contributed by atoms with van der Waals surface area (Å²) in [6, 6.07) is 22.2. The minimum atomic E-state index is -0.100. The third-order valence-corrected chi connectivity index (χ3v) is 4.23. The summed E-state index contributed by atoms with van der Waals surface area (Å²) in [5, 5.41) is 13.2. The third-order valence-electron chi connectivity index (χ3n) is 4.23. The predicted octanol–water partition coefficient (Wildman–Crippen LogP) is 2.95. The second kappa shape index (κ2) is 6.88. The van der Waals surface area contributed by atoms with Gasteiger partial charge in [0.2, 0.25) is 0 Å². The minimum absolute atomic E-state index is 0.100. The summed E-state index contributed by atoms with van der Waals surface area (Å²) in [7, 11) is 0. The molecule has 0 radical (unpaired) electrons. The topological polar surface area (TPSA) is 32.3 Å². The highest BCUT2D eigenvalue weighted by atomic mass is 16.3. The van der Waals surface area contributed by atoms with E-state index in [4.69, 9.17) is 0 Å². The van der Waals surface area contributed by atoms with Gasteiger partial charge in [-0.05, 0) is 36.8 Å². The summed E-state index contributed by atoms with van der Waals surface area (Å²) in [4.78, 5) is 0. The average molecular weight is 281 g/mol. The van der Waals surface area contributed by atoms with Crippen LogP contribution in [0, 0.1) is 0 Å². The van der Waals surface area contributed by atoms with Crippen LogP contribution in [0.3, 0.4) is 0 Å². The van der Waals surface area contributed by atoms with Gasteiger partial charge in [0, 0.05) is 12.1 Å². The van der Waals surface area contributed by atoms with Crippen LogP contribution in [0.1, 0.15) is 24.0 Å². The molecule has 1 aliphatic rings. The molecule has 0 spiro atoms. The van der Waals surface area contributed by atoms with E-state index in [1.165, 1.54) is 11.1 Å². The number of nitrogens with one attached hydrogen (secondary N) is 1. The minimum Gasteiger partial charge on any atom is -0.393 e. The zero-order valence-electron chi connectivity index (χ0n) is 12.3. The van der Waals surface area contributed by atoms with Gasteiger partial charge in [0.1, 0.15) is 0 Å². The molecule has 2 aromatic rings. The average Bonchev–Trinajstić information content (AvgIpc) is 2.48. The maximum atomic E-state index is 9.47. The molecule has 0 bridgehead atoms. The van der Waals surface area contributed by atoms with Crippen molar-refractivity contribution in [3.8, 4) is 0 Å². The van der Waals surface area contributed by atoms with E-state index >= 15 is 0 Å². The Hall–Kier alpha value is -1.64. The van der Waals surface area contributed by atoms with E-state index in [1.807, 2.05) is 0 Å². The Bertz CT molecular complexity index is 493. The van der Waals surface area contributed by atoms with E-state index in [0.29, 0.717) is 12.1 Å². The first-order chi connectivity index (χ1) is 10.3. The Kier molecular flexibility index (Phi) is 4.69.